The Kier molecular flexibility index (Phi) is 11.7. The molecule has 0 aliphatic heterocycles. The van der Waals surface area contributed by atoms with Gasteiger partial charge in [0.25, 0.3) is 10.0 Å². The van der Waals surface area contributed by atoms with E-state index < -0.39 is 28.5 Å². The lowest BCUT2D eigenvalue weighted by Crippen LogP contribution is -2.54. The first-order valence-electron chi connectivity index (χ1n) is 14.7. The predicted octanol–water partition coefficient (Wildman–Crippen LogP) is 7.05. The van der Waals surface area contributed by atoms with Crippen LogP contribution in [0, 0.1) is 6.92 Å². The van der Waals surface area contributed by atoms with E-state index in [1.165, 1.54) is 23.1 Å². The lowest BCUT2D eigenvalue weighted by Gasteiger charge is -2.34. The van der Waals surface area contributed by atoms with Gasteiger partial charge in [-0.15, -0.1) is 0 Å². The normalized spacial score (nSPS) is 12.6. The molecule has 0 radical (unpaired) electrons. The van der Waals surface area contributed by atoms with Gasteiger partial charge in [-0.05, 0) is 55.7 Å². The van der Waals surface area contributed by atoms with Gasteiger partial charge in [0.15, 0.2) is 0 Å². The molecule has 2 amide bonds. The van der Waals surface area contributed by atoms with Gasteiger partial charge in [-0.1, -0.05) is 115 Å². The molecule has 0 aromatic heterocycles. The molecule has 0 bridgehead atoms. The molecule has 0 saturated heterocycles. The lowest BCUT2D eigenvalue weighted by molar-refractivity contribution is -0.140. The summed E-state index contributed by atoms with van der Waals surface area (Å²) in [5.41, 5.74) is 2.58. The van der Waals surface area contributed by atoms with Crippen LogP contribution >= 0.6 is 23.2 Å². The van der Waals surface area contributed by atoms with Crippen LogP contribution in [-0.2, 0) is 32.6 Å². The maximum Gasteiger partial charge on any atom is 0.264 e. The van der Waals surface area contributed by atoms with Crippen LogP contribution in [0.15, 0.2) is 108 Å². The fourth-order valence-corrected chi connectivity index (χ4v) is 6.68. The highest BCUT2D eigenvalue weighted by atomic mass is 35.5. The molecule has 0 spiro atoms. The molecule has 0 heterocycles. The monoisotopic (exact) mass is 665 g/mol. The van der Waals surface area contributed by atoms with Gasteiger partial charge < -0.3 is 10.2 Å². The predicted molar refractivity (Wildman–Crippen MR) is 181 cm³/mol. The third-order valence-electron chi connectivity index (χ3n) is 7.56. The Hall–Kier alpha value is -3.85. The van der Waals surface area contributed by atoms with Crippen LogP contribution in [0.3, 0.4) is 0 Å². The Bertz CT molecular complexity index is 1700. The molecule has 4 aromatic rings. The molecule has 7 nitrogen and oxygen atoms in total. The highest BCUT2D eigenvalue weighted by molar-refractivity contribution is 7.92. The standard InChI is InChI=1S/C35H37Cl2N3O4S/c1-4-26(3)38-35(42)32(22-27-12-7-5-8-13-27)39(23-28-14-9-6-10-15-28)33(41)24-40(31-17-11-16-30(36)34(31)37)45(43,44)29-20-18-25(2)19-21-29/h5-21,26,32H,4,22-24H2,1-3H3,(H,38,42)/t26-,32+/m1/s1. The van der Waals surface area contributed by atoms with E-state index in [0.717, 1.165) is 21.0 Å². The van der Waals surface area contributed by atoms with Crippen molar-refractivity contribution in [3.8, 4) is 0 Å². The van der Waals surface area contributed by atoms with E-state index in [1.807, 2.05) is 81.4 Å². The number of amides is 2. The minimum Gasteiger partial charge on any atom is -0.352 e. The number of carbonyl (C=O) groups excluding carboxylic acids is 2. The van der Waals surface area contributed by atoms with Crippen molar-refractivity contribution in [1.29, 1.82) is 0 Å². The first-order valence-corrected chi connectivity index (χ1v) is 16.9. The van der Waals surface area contributed by atoms with Gasteiger partial charge in [-0.25, -0.2) is 8.42 Å². The van der Waals surface area contributed by atoms with E-state index in [0.29, 0.717) is 6.42 Å². The fraction of sp³-hybridized carbons (Fsp3) is 0.257. The summed E-state index contributed by atoms with van der Waals surface area (Å²) in [6.07, 6.45) is 0.927. The zero-order chi connectivity index (χ0) is 32.6. The van der Waals surface area contributed by atoms with Crippen LogP contribution in [0.5, 0.6) is 0 Å². The third kappa shape index (κ3) is 8.66. The number of anilines is 1. The molecule has 1 N–H and O–H groups in total. The van der Waals surface area contributed by atoms with Crippen LogP contribution < -0.4 is 9.62 Å². The highest BCUT2D eigenvalue weighted by Gasteiger charge is 2.35. The number of sulfonamides is 1. The number of nitrogens with one attached hydrogen (secondary N) is 1. The third-order valence-corrected chi connectivity index (χ3v) is 10.1. The average molecular weight is 667 g/mol. The summed E-state index contributed by atoms with van der Waals surface area (Å²) in [6, 6.07) is 28.6. The second kappa shape index (κ2) is 15.4. The Morgan fingerprint density at radius 2 is 1.42 bits per heavy atom. The molecule has 10 heteroatoms. The molecular weight excluding hydrogens is 629 g/mol. The van der Waals surface area contributed by atoms with Crippen molar-refractivity contribution < 1.29 is 18.0 Å². The fourth-order valence-electron chi connectivity index (χ4n) is 4.81. The minimum atomic E-state index is -4.30. The van der Waals surface area contributed by atoms with Gasteiger partial charge in [0.05, 0.1) is 20.6 Å². The van der Waals surface area contributed by atoms with Crippen LogP contribution in [-0.4, -0.2) is 43.8 Å². The summed E-state index contributed by atoms with van der Waals surface area (Å²) >= 11 is 12.9. The number of carbonyl (C=O) groups is 2. The number of rotatable bonds is 13. The minimum absolute atomic E-state index is 0.00684. The average Bonchev–Trinajstić information content (AvgIpc) is 3.04. The largest absolute Gasteiger partial charge is 0.352 e. The Morgan fingerprint density at radius 1 is 0.822 bits per heavy atom. The first kappa shape index (κ1) is 34.0. The zero-order valence-corrected chi connectivity index (χ0v) is 27.8. The summed E-state index contributed by atoms with van der Waals surface area (Å²) < 4.78 is 29.3. The van der Waals surface area contributed by atoms with E-state index in [9.17, 15) is 18.0 Å². The van der Waals surface area contributed by atoms with Gasteiger partial charge in [-0.2, -0.15) is 0 Å². The summed E-state index contributed by atoms with van der Waals surface area (Å²) in [6.45, 7) is 5.17. The summed E-state index contributed by atoms with van der Waals surface area (Å²) in [5.74, 6) is -0.906. The number of hydrogen-bond acceptors (Lipinski definition) is 4. The summed E-state index contributed by atoms with van der Waals surface area (Å²) in [7, 11) is -4.30. The number of aryl methyl sites for hydroxylation is 1. The molecule has 0 unspecified atom stereocenters. The van der Waals surface area contributed by atoms with E-state index in [1.54, 1.807) is 24.3 Å². The van der Waals surface area contributed by atoms with Gasteiger partial charge in [0.2, 0.25) is 11.8 Å². The van der Waals surface area contributed by atoms with Crippen molar-refractivity contribution in [2.45, 2.75) is 57.1 Å². The molecule has 2 atom stereocenters. The van der Waals surface area contributed by atoms with Gasteiger partial charge in [-0.3, -0.25) is 13.9 Å². The molecule has 0 saturated carbocycles. The summed E-state index contributed by atoms with van der Waals surface area (Å²) in [5, 5.41) is 3.16. The topological polar surface area (TPSA) is 86.8 Å². The SMILES string of the molecule is CC[C@@H](C)NC(=O)[C@H](Cc1ccccc1)N(Cc1ccccc1)C(=O)CN(c1cccc(Cl)c1Cl)S(=O)(=O)c1ccc(C)cc1. The molecule has 45 heavy (non-hydrogen) atoms. The van der Waals surface area contributed by atoms with Crippen LogP contribution in [0.2, 0.25) is 10.0 Å². The zero-order valence-electron chi connectivity index (χ0n) is 25.5. The van der Waals surface area contributed by atoms with Crippen molar-refractivity contribution in [3.63, 3.8) is 0 Å². The Balaban J connectivity index is 1.82. The van der Waals surface area contributed by atoms with E-state index in [2.05, 4.69) is 5.32 Å². The molecule has 4 aromatic carbocycles. The maximum atomic E-state index is 14.5. The van der Waals surface area contributed by atoms with Crippen molar-refractivity contribution in [3.05, 3.63) is 130 Å². The van der Waals surface area contributed by atoms with Crippen LogP contribution in [0.25, 0.3) is 0 Å². The molecule has 0 aliphatic rings. The van der Waals surface area contributed by atoms with E-state index >= 15 is 0 Å². The first-order chi connectivity index (χ1) is 21.5. The van der Waals surface area contributed by atoms with Crippen molar-refractivity contribution in [2.75, 3.05) is 10.8 Å². The van der Waals surface area contributed by atoms with Gasteiger partial charge in [0.1, 0.15) is 12.6 Å². The molecule has 4 rings (SSSR count). The number of halogens is 2. The lowest BCUT2D eigenvalue weighted by atomic mass is 10.0. The van der Waals surface area contributed by atoms with Gasteiger partial charge >= 0.3 is 0 Å². The van der Waals surface area contributed by atoms with Crippen LogP contribution in [0.1, 0.15) is 37.0 Å². The van der Waals surface area contributed by atoms with E-state index in [4.69, 9.17) is 23.2 Å². The van der Waals surface area contributed by atoms with E-state index in [-0.39, 0.29) is 45.5 Å². The van der Waals surface area contributed by atoms with Crippen LogP contribution in [0.4, 0.5) is 5.69 Å². The quantitative estimate of drug-likeness (QED) is 0.166. The number of hydrogen-bond donors (Lipinski definition) is 1. The molecule has 236 valence electrons. The van der Waals surface area contributed by atoms with Gasteiger partial charge in [0, 0.05) is 19.0 Å². The Morgan fingerprint density at radius 3 is 2.02 bits per heavy atom. The highest BCUT2D eigenvalue weighted by Crippen LogP contribution is 2.35. The second-order valence-electron chi connectivity index (χ2n) is 10.9. The number of benzene rings is 4. The van der Waals surface area contributed by atoms with Crippen molar-refractivity contribution in [1.82, 2.24) is 10.2 Å². The van der Waals surface area contributed by atoms with Crippen molar-refractivity contribution in [2.24, 2.45) is 0 Å². The molecule has 0 fully saturated rings. The smallest absolute Gasteiger partial charge is 0.264 e. The molecule has 0 aliphatic carbocycles. The Labute approximate surface area is 275 Å². The van der Waals surface area contributed by atoms with Crippen molar-refractivity contribution >= 4 is 50.7 Å². The summed E-state index contributed by atoms with van der Waals surface area (Å²) in [4.78, 5) is 29.8. The maximum absolute atomic E-state index is 14.5. The number of nitrogens with zero attached hydrogens (tertiary/aromatic N) is 2. The molecular formula is C35H37Cl2N3O4S. The second-order valence-corrected chi connectivity index (χ2v) is 13.6.